The van der Waals surface area contributed by atoms with E-state index in [0.717, 1.165) is 0 Å². The Labute approximate surface area is 177 Å². The van der Waals surface area contributed by atoms with Gasteiger partial charge in [0.15, 0.2) is 5.03 Å². The number of carboxylic acids is 1. The molecule has 9 nitrogen and oxygen atoms in total. The van der Waals surface area contributed by atoms with Crippen LogP contribution < -0.4 is 14.4 Å². The SMILES string of the molecule is COCCOc1cc2c(c(N(CC(F)F)S(=O)(=O)c3ccccn3)c1)NC(C(=O)O)C2. The van der Waals surface area contributed by atoms with Crippen molar-refractivity contribution in [2.24, 2.45) is 0 Å². The van der Waals surface area contributed by atoms with E-state index in [9.17, 15) is 27.1 Å². The molecule has 31 heavy (non-hydrogen) atoms. The monoisotopic (exact) mass is 457 g/mol. The number of aliphatic carboxylic acids is 1. The molecule has 0 aliphatic carbocycles. The molecule has 168 valence electrons. The van der Waals surface area contributed by atoms with Crippen molar-refractivity contribution in [3.05, 3.63) is 42.1 Å². The molecule has 1 aromatic carbocycles. The van der Waals surface area contributed by atoms with Crippen molar-refractivity contribution in [3.63, 3.8) is 0 Å². The number of hydrogen-bond acceptors (Lipinski definition) is 7. The highest BCUT2D eigenvalue weighted by Gasteiger charge is 2.36. The minimum absolute atomic E-state index is 0.0330. The van der Waals surface area contributed by atoms with E-state index in [-0.39, 0.29) is 36.8 Å². The minimum atomic E-state index is -4.48. The number of ether oxygens (including phenoxy) is 2. The van der Waals surface area contributed by atoms with Crippen LogP contribution in [0.5, 0.6) is 5.75 Å². The van der Waals surface area contributed by atoms with Gasteiger partial charge in [-0.3, -0.25) is 4.31 Å². The van der Waals surface area contributed by atoms with Gasteiger partial charge in [-0.2, -0.15) is 8.42 Å². The molecule has 0 amide bonds. The van der Waals surface area contributed by atoms with Gasteiger partial charge in [0, 0.05) is 25.8 Å². The van der Waals surface area contributed by atoms with Crippen LogP contribution in [0.3, 0.4) is 0 Å². The smallest absolute Gasteiger partial charge is 0.326 e. The van der Waals surface area contributed by atoms with Crippen LogP contribution in [0.1, 0.15) is 5.56 Å². The van der Waals surface area contributed by atoms with Gasteiger partial charge in [-0.15, -0.1) is 0 Å². The molecule has 2 N–H and O–H groups in total. The molecule has 0 saturated heterocycles. The average Bonchev–Trinajstić information content (AvgIpc) is 3.17. The second-order valence-electron chi connectivity index (χ2n) is 6.65. The van der Waals surface area contributed by atoms with Crippen molar-refractivity contribution in [1.29, 1.82) is 0 Å². The number of methoxy groups -OCH3 is 1. The minimum Gasteiger partial charge on any atom is -0.491 e. The summed E-state index contributed by atoms with van der Waals surface area (Å²) in [6.45, 7) is -0.770. The third kappa shape index (κ3) is 5.02. The third-order valence-electron chi connectivity index (χ3n) is 4.53. The number of halogens is 2. The third-order valence-corrected chi connectivity index (χ3v) is 6.23. The fourth-order valence-corrected chi connectivity index (χ4v) is 4.55. The maximum Gasteiger partial charge on any atom is 0.326 e. The Morgan fingerprint density at radius 1 is 1.35 bits per heavy atom. The van der Waals surface area contributed by atoms with Gasteiger partial charge in [-0.05, 0) is 23.8 Å². The van der Waals surface area contributed by atoms with Crippen LogP contribution >= 0.6 is 0 Å². The Morgan fingerprint density at radius 2 is 2.13 bits per heavy atom. The number of alkyl halides is 2. The van der Waals surface area contributed by atoms with E-state index in [1.54, 1.807) is 6.07 Å². The van der Waals surface area contributed by atoms with Crippen molar-refractivity contribution < 1.29 is 36.6 Å². The van der Waals surface area contributed by atoms with E-state index < -0.39 is 40.0 Å². The van der Waals surface area contributed by atoms with Gasteiger partial charge in [0.1, 0.15) is 18.4 Å². The average molecular weight is 457 g/mol. The molecule has 0 saturated carbocycles. The predicted octanol–water partition coefficient (Wildman–Crippen LogP) is 1.99. The molecule has 1 aliphatic heterocycles. The van der Waals surface area contributed by atoms with Crippen LogP contribution in [0, 0.1) is 0 Å². The van der Waals surface area contributed by atoms with Gasteiger partial charge in [0.25, 0.3) is 16.4 Å². The number of rotatable bonds is 10. The Bertz CT molecular complexity index is 1040. The van der Waals surface area contributed by atoms with Crippen molar-refractivity contribution in [2.45, 2.75) is 23.9 Å². The van der Waals surface area contributed by atoms with Crippen molar-refractivity contribution in [3.8, 4) is 5.75 Å². The Balaban J connectivity index is 2.12. The normalized spacial score (nSPS) is 15.4. The number of anilines is 2. The van der Waals surface area contributed by atoms with E-state index in [2.05, 4.69) is 10.3 Å². The topological polar surface area (TPSA) is 118 Å². The lowest BCUT2D eigenvalue weighted by molar-refractivity contribution is -0.137. The molecule has 0 spiro atoms. The zero-order valence-electron chi connectivity index (χ0n) is 16.5. The van der Waals surface area contributed by atoms with E-state index in [0.29, 0.717) is 9.87 Å². The largest absolute Gasteiger partial charge is 0.491 e. The van der Waals surface area contributed by atoms with E-state index >= 15 is 0 Å². The molecular formula is C19H21F2N3O6S. The molecule has 0 fully saturated rings. The van der Waals surface area contributed by atoms with E-state index in [4.69, 9.17) is 9.47 Å². The van der Waals surface area contributed by atoms with E-state index in [1.807, 2.05) is 0 Å². The number of benzene rings is 1. The number of hydrogen-bond donors (Lipinski definition) is 2. The summed E-state index contributed by atoms with van der Waals surface area (Å²) in [4.78, 5) is 15.3. The number of nitrogens with one attached hydrogen (secondary N) is 1. The lowest BCUT2D eigenvalue weighted by atomic mass is 10.1. The van der Waals surface area contributed by atoms with Gasteiger partial charge in [-0.25, -0.2) is 18.6 Å². The first-order valence-corrected chi connectivity index (χ1v) is 10.7. The molecule has 0 radical (unpaired) electrons. The first-order chi connectivity index (χ1) is 14.7. The summed E-state index contributed by atoms with van der Waals surface area (Å²) >= 11 is 0. The summed E-state index contributed by atoms with van der Waals surface area (Å²) in [5, 5.41) is 11.7. The maximum atomic E-state index is 13.4. The number of carbonyl (C=O) groups is 1. The number of fused-ring (bicyclic) bond motifs is 1. The first-order valence-electron chi connectivity index (χ1n) is 9.24. The second-order valence-corrected chi connectivity index (χ2v) is 8.46. The van der Waals surface area contributed by atoms with Crippen LogP contribution in [0.15, 0.2) is 41.6 Å². The van der Waals surface area contributed by atoms with Gasteiger partial charge >= 0.3 is 5.97 Å². The molecule has 2 aromatic rings. The van der Waals surface area contributed by atoms with Crippen molar-refractivity contribution in [1.82, 2.24) is 4.98 Å². The summed E-state index contributed by atoms with van der Waals surface area (Å²) in [6.07, 6.45) is -1.73. The summed E-state index contributed by atoms with van der Waals surface area (Å²) in [7, 11) is -3.00. The fraction of sp³-hybridized carbons (Fsp3) is 0.368. The highest BCUT2D eigenvalue weighted by molar-refractivity contribution is 7.92. The summed E-state index contributed by atoms with van der Waals surface area (Å²) < 4.78 is 64.2. The predicted molar refractivity (Wildman–Crippen MR) is 107 cm³/mol. The molecule has 1 unspecified atom stereocenters. The molecule has 1 aliphatic rings. The molecule has 0 bridgehead atoms. The Morgan fingerprint density at radius 3 is 2.74 bits per heavy atom. The van der Waals surface area contributed by atoms with Crippen molar-refractivity contribution in [2.75, 3.05) is 36.5 Å². The number of aromatic nitrogens is 1. The summed E-state index contributed by atoms with van der Waals surface area (Å²) in [6, 6.07) is 5.92. The number of sulfonamides is 1. The van der Waals surface area contributed by atoms with E-state index in [1.165, 1.54) is 37.6 Å². The van der Waals surface area contributed by atoms with Crippen LogP contribution in [-0.2, 0) is 26.0 Å². The van der Waals surface area contributed by atoms with Gasteiger partial charge in [0.05, 0.1) is 24.5 Å². The van der Waals surface area contributed by atoms with Crippen LogP contribution in [0.4, 0.5) is 20.2 Å². The molecular weight excluding hydrogens is 436 g/mol. The Kier molecular flexibility index (Phi) is 6.91. The summed E-state index contributed by atoms with van der Waals surface area (Å²) in [5.41, 5.74) is 0.444. The molecule has 3 rings (SSSR count). The van der Waals surface area contributed by atoms with Crippen LogP contribution in [0.25, 0.3) is 0 Å². The fourth-order valence-electron chi connectivity index (χ4n) is 3.17. The zero-order chi connectivity index (χ0) is 22.6. The van der Waals surface area contributed by atoms with Gasteiger partial charge in [-0.1, -0.05) is 6.07 Å². The highest BCUT2D eigenvalue weighted by Crippen LogP contribution is 2.41. The Hall–Kier alpha value is -2.99. The van der Waals surface area contributed by atoms with Crippen LogP contribution in [0.2, 0.25) is 0 Å². The quantitative estimate of drug-likeness (QED) is 0.520. The second kappa shape index (κ2) is 9.43. The van der Waals surface area contributed by atoms with Crippen molar-refractivity contribution >= 4 is 27.4 Å². The lowest BCUT2D eigenvalue weighted by Crippen LogP contribution is -2.36. The number of nitrogens with zero attached hydrogens (tertiary/aromatic N) is 2. The number of pyridine rings is 1. The standard InChI is InChI=1S/C19H21F2N3O6S/c1-29-6-7-30-13-8-12-9-14(19(25)26)23-18(12)15(10-13)24(11-16(20)21)31(27,28)17-4-2-3-5-22-17/h2-5,8,10,14,16,23H,6-7,9,11H2,1H3,(H,25,26). The molecule has 1 atom stereocenters. The van der Waals surface area contributed by atoms with Crippen LogP contribution in [-0.4, -0.2) is 63.8 Å². The zero-order valence-corrected chi connectivity index (χ0v) is 17.3. The molecule has 12 heteroatoms. The first kappa shape index (κ1) is 22.7. The molecule has 2 heterocycles. The molecule has 1 aromatic heterocycles. The van der Waals surface area contributed by atoms with Gasteiger partial charge < -0.3 is 19.9 Å². The number of carboxylic acid groups (broad SMARTS) is 1. The highest BCUT2D eigenvalue weighted by atomic mass is 32.2. The maximum absolute atomic E-state index is 13.4. The van der Waals surface area contributed by atoms with Gasteiger partial charge in [0.2, 0.25) is 0 Å². The lowest BCUT2D eigenvalue weighted by Gasteiger charge is -2.26. The summed E-state index contributed by atoms with van der Waals surface area (Å²) in [5.74, 6) is -0.953.